The highest BCUT2D eigenvalue weighted by Crippen LogP contribution is 2.30. The molecule has 10 heteroatoms. The fourth-order valence-corrected chi connectivity index (χ4v) is 3.99. The topological polar surface area (TPSA) is 143 Å². The first kappa shape index (κ1) is 22.3. The highest BCUT2D eigenvalue weighted by Gasteiger charge is 2.34. The average Bonchev–Trinajstić information content (AvgIpc) is 3.42. The molecule has 2 aromatic heterocycles. The van der Waals surface area contributed by atoms with Crippen LogP contribution < -0.4 is 16.0 Å². The number of anilines is 1. The molecule has 172 valence electrons. The van der Waals surface area contributed by atoms with Crippen molar-refractivity contribution < 1.29 is 14.0 Å². The molecule has 0 aliphatic carbocycles. The molecular weight excluding hydrogens is 422 g/mol. The molecule has 0 bridgehead atoms. The number of amides is 1. The second-order valence-electron chi connectivity index (χ2n) is 8.40. The SMILES string of the molecule is Cc1cocc1C(=O)n1nc(C2CCNC(=O)C2C)nc1N(C)Cc1ccc(C(=N)N)cc1. The Balaban J connectivity index is 1.69. The maximum absolute atomic E-state index is 13.3. The van der Waals surface area contributed by atoms with E-state index in [0.29, 0.717) is 48.0 Å². The van der Waals surface area contributed by atoms with Gasteiger partial charge in [-0.25, -0.2) is 0 Å². The monoisotopic (exact) mass is 449 g/mol. The van der Waals surface area contributed by atoms with Crippen molar-refractivity contribution >= 4 is 23.6 Å². The summed E-state index contributed by atoms with van der Waals surface area (Å²) in [5.74, 6) is -0.00397. The van der Waals surface area contributed by atoms with Gasteiger partial charge in [-0.1, -0.05) is 31.2 Å². The van der Waals surface area contributed by atoms with Crippen LogP contribution in [-0.4, -0.2) is 46.0 Å². The van der Waals surface area contributed by atoms with Crippen molar-refractivity contribution in [2.75, 3.05) is 18.5 Å². The molecule has 1 aliphatic heterocycles. The van der Waals surface area contributed by atoms with Crippen molar-refractivity contribution in [3.8, 4) is 0 Å². The number of nitrogens with zero attached hydrogens (tertiary/aromatic N) is 4. The Morgan fingerprint density at radius 1 is 1.33 bits per heavy atom. The molecule has 0 radical (unpaired) electrons. The van der Waals surface area contributed by atoms with E-state index in [2.05, 4.69) is 10.4 Å². The van der Waals surface area contributed by atoms with Gasteiger partial charge in [-0.05, 0) is 18.9 Å². The standard InChI is InChI=1S/C23H27N7O3/c1-13-11-33-12-18(13)22(32)30-23(27-20(28-30)17-8-9-26-21(31)14(17)2)29(3)10-15-4-6-16(7-5-15)19(24)25/h4-7,11-12,14,17H,8-10H2,1-3H3,(H3,24,25)(H,26,31). The second-order valence-corrected chi connectivity index (χ2v) is 8.40. The lowest BCUT2D eigenvalue weighted by atomic mass is 9.87. The summed E-state index contributed by atoms with van der Waals surface area (Å²) in [6.45, 7) is 4.64. The van der Waals surface area contributed by atoms with Crippen molar-refractivity contribution in [2.24, 2.45) is 11.7 Å². The van der Waals surface area contributed by atoms with Gasteiger partial charge >= 0.3 is 0 Å². The molecule has 1 aromatic carbocycles. The summed E-state index contributed by atoms with van der Waals surface area (Å²) < 4.78 is 6.48. The van der Waals surface area contributed by atoms with Crippen molar-refractivity contribution in [2.45, 2.75) is 32.7 Å². The number of nitrogen functional groups attached to an aromatic ring is 1. The summed E-state index contributed by atoms with van der Waals surface area (Å²) in [4.78, 5) is 32.1. The summed E-state index contributed by atoms with van der Waals surface area (Å²) in [5.41, 5.74) is 8.24. The third-order valence-corrected chi connectivity index (χ3v) is 6.01. The molecule has 3 aromatic rings. The van der Waals surface area contributed by atoms with Crippen LogP contribution in [0.25, 0.3) is 0 Å². The van der Waals surface area contributed by atoms with Crippen LogP contribution >= 0.6 is 0 Å². The molecule has 2 unspecified atom stereocenters. The normalized spacial score (nSPS) is 18.1. The Labute approximate surface area is 191 Å². The Hall–Kier alpha value is -3.95. The van der Waals surface area contributed by atoms with Crippen molar-refractivity contribution in [3.05, 3.63) is 64.9 Å². The van der Waals surface area contributed by atoms with Gasteiger partial charge < -0.3 is 20.4 Å². The maximum Gasteiger partial charge on any atom is 0.284 e. The number of aryl methyl sites for hydroxylation is 1. The number of carbonyl (C=O) groups excluding carboxylic acids is 2. The van der Waals surface area contributed by atoms with Gasteiger partial charge in [0.2, 0.25) is 11.9 Å². The fourth-order valence-electron chi connectivity index (χ4n) is 3.99. The lowest BCUT2D eigenvalue weighted by Gasteiger charge is -2.26. The van der Waals surface area contributed by atoms with Gasteiger partial charge in [0.1, 0.15) is 12.1 Å². The molecule has 0 saturated carbocycles. The molecule has 1 amide bonds. The van der Waals surface area contributed by atoms with Gasteiger partial charge in [0.25, 0.3) is 5.91 Å². The number of aromatic nitrogens is 3. The van der Waals surface area contributed by atoms with Gasteiger partial charge in [-0.15, -0.1) is 5.10 Å². The molecule has 0 spiro atoms. The molecular formula is C23H27N7O3. The largest absolute Gasteiger partial charge is 0.471 e. The predicted molar refractivity (Wildman–Crippen MR) is 122 cm³/mol. The van der Waals surface area contributed by atoms with Crippen LogP contribution in [-0.2, 0) is 11.3 Å². The average molecular weight is 450 g/mol. The molecule has 4 N–H and O–H groups in total. The Morgan fingerprint density at radius 2 is 2.06 bits per heavy atom. The van der Waals surface area contributed by atoms with Gasteiger partial charge in [-0.2, -0.15) is 9.67 Å². The lowest BCUT2D eigenvalue weighted by molar-refractivity contribution is -0.126. The molecule has 3 heterocycles. The van der Waals surface area contributed by atoms with Crippen molar-refractivity contribution in [3.63, 3.8) is 0 Å². The Bertz CT molecular complexity index is 1200. The molecule has 1 fully saturated rings. The minimum atomic E-state index is -0.346. The van der Waals surface area contributed by atoms with E-state index in [0.717, 1.165) is 5.56 Å². The molecule has 1 saturated heterocycles. The van der Waals surface area contributed by atoms with E-state index in [9.17, 15) is 9.59 Å². The fraction of sp³-hybridized carbons (Fsp3) is 0.348. The van der Waals surface area contributed by atoms with Crippen LogP contribution in [0.15, 0.2) is 41.2 Å². The van der Waals surface area contributed by atoms with E-state index < -0.39 is 0 Å². The molecule has 33 heavy (non-hydrogen) atoms. The maximum atomic E-state index is 13.3. The summed E-state index contributed by atoms with van der Waals surface area (Å²) >= 11 is 0. The number of nitrogens with two attached hydrogens (primary N) is 1. The Morgan fingerprint density at radius 3 is 2.70 bits per heavy atom. The van der Waals surface area contributed by atoms with Crippen LogP contribution in [0.5, 0.6) is 0 Å². The zero-order valence-electron chi connectivity index (χ0n) is 18.8. The van der Waals surface area contributed by atoms with Gasteiger partial charge in [0, 0.05) is 43.1 Å². The predicted octanol–water partition coefficient (Wildman–Crippen LogP) is 2.03. The third-order valence-electron chi connectivity index (χ3n) is 6.01. The third kappa shape index (κ3) is 4.36. The summed E-state index contributed by atoms with van der Waals surface area (Å²) in [6.07, 6.45) is 3.62. The minimum absolute atomic E-state index is 0.00556. The van der Waals surface area contributed by atoms with Crippen molar-refractivity contribution in [1.29, 1.82) is 5.41 Å². The number of piperidine rings is 1. The quantitative estimate of drug-likeness (QED) is 0.386. The molecule has 10 nitrogen and oxygen atoms in total. The van der Waals surface area contributed by atoms with Crippen LogP contribution in [0, 0.1) is 18.3 Å². The van der Waals surface area contributed by atoms with E-state index in [1.807, 2.05) is 31.0 Å². The first-order chi connectivity index (χ1) is 15.8. The number of benzene rings is 1. The van der Waals surface area contributed by atoms with E-state index in [-0.39, 0.29) is 29.5 Å². The summed E-state index contributed by atoms with van der Waals surface area (Å²) in [7, 11) is 1.83. The molecule has 1 aliphatic rings. The highest BCUT2D eigenvalue weighted by molar-refractivity contribution is 5.98. The van der Waals surface area contributed by atoms with Crippen LogP contribution in [0.1, 0.15) is 52.1 Å². The van der Waals surface area contributed by atoms with Gasteiger partial charge in [-0.3, -0.25) is 15.0 Å². The number of rotatable bonds is 6. The van der Waals surface area contributed by atoms with Crippen LogP contribution in [0.4, 0.5) is 5.95 Å². The number of hydrogen-bond donors (Lipinski definition) is 3. The van der Waals surface area contributed by atoms with E-state index in [4.69, 9.17) is 20.5 Å². The van der Waals surface area contributed by atoms with Crippen LogP contribution in [0.2, 0.25) is 0 Å². The number of carbonyl (C=O) groups is 2. The zero-order valence-corrected chi connectivity index (χ0v) is 18.8. The van der Waals surface area contributed by atoms with Gasteiger partial charge in [0.15, 0.2) is 5.82 Å². The van der Waals surface area contributed by atoms with Crippen molar-refractivity contribution in [1.82, 2.24) is 20.1 Å². The summed E-state index contributed by atoms with van der Waals surface area (Å²) in [6, 6.07) is 7.32. The minimum Gasteiger partial charge on any atom is -0.471 e. The molecule has 4 rings (SSSR count). The first-order valence-electron chi connectivity index (χ1n) is 10.7. The van der Waals surface area contributed by atoms with E-state index in [1.54, 1.807) is 19.1 Å². The Kier molecular flexibility index (Phi) is 5.99. The van der Waals surface area contributed by atoms with E-state index >= 15 is 0 Å². The number of hydrogen-bond acceptors (Lipinski definition) is 7. The van der Waals surface area contributed by atoms with E-state index in [1.165, 1.54) is 17.2 Å². The summed E-state index contributed by atoms with van der Waals surface area (Å²) in [5, 5.41) is 15.0. The van der Waals surface area contributed by atoms with Crippen LogP contribution in [0.3, 0.4) is 0 Å². The smallest absolute Gasteiger partial charge is 0.284 e. The number of furan rings is 1. The number of amidine groups is 1. The highest BCUT2D eigenvalue weighted by atomic mass is 16.3. The van der Waals surface area contributed by atoms with Gasteiger partial charge in [0.05, 0.1) is 11.8 Å². The molecule has 2 atom stereocenters. The second kappa shape index (κ2) is 8.89. The zero-order chi connectivity index (χ0) is 23.7. The first-order valence-corrected chi connectivity index (χ1v) is 10.7. The number of nitrogens with one attached hydrogen (secondary N) is 2. The lowest BCUT2D eigenvalue weighted by Crippen LogP contribution is -2.40.